The molecule has 2 aromatic rings. The predicted octanol–water partition coefficient (Wildman–Crippen LogP) is 0.727. The van der Waals surface area contributed by atoms with Gasteiger partial charge in [0.1, 0.15) is 5.82 Å². The van der Waals surface area contributed by atoms with E-state index in [1.54, 1.807) is 13.0 Å². The number of rotatable bonds is 0. The second kappa shape index (κ2) is 2.83. The summed E-state index contributed by atoms with van der Waals surface area (Å²) in [5.41, 5.74) is 1.52. The summed E-state index contributed by atoms with van der Waals surface area (Å²) in [6.45, 7) is 3.64. The molecule has 2 rings (SSSR count). The first-order valence-corrected chi connectivity index (χ1v) is 4.35. The van der Waals surface area contributed by atoms with Gasteiger partial charge in [-0.1, -0.05) is 12.1 Å². The van der Waals surface area contributed by atoms with Crippen LogP contribution in [0.1, 0.15) is 11.4 Å². The Kier molecular flexibility index (Phi) is 1.77. The number of nitrogens with zero attached hydrogens (tertiary/aromatic N) is 2. The standard InChI is InChI=1S/C10H11N3O/c1-6-4-3-5-8-9(6)12-7(2)13(11)10(8)14/h3-5H,11H2,1-2H3. The lowest BCUT2D eigenvalue weighted by atomic mass is 10.1. The van der Waals surface area contributed by atoms with Crippen molar-refractivity contribution in [3.8, 4) is 0 Å². The molecule has 0 aliphatic carbocycles. The van der Waals surface area contributed by atoms with E-state index in [0.29, 0.717) is 11.2 Å². The monoisotopic (exact) mass is 189 g/mol. The van der Waals surface area contributed by atoms with Gasteiger partial charge >= 0.3 is 0 Å². The summed E-state index contributed by atoms with van der Waals surface area (Å²) in [5.74, 6) is 6.06. The van der Waals surface area contributed by atoms with Gasteiger partial charge in [-0.05, 0) is 25.5 Å². The highest BCUT2D eigenvalue weighted by Crippen LogP contribution is 2.11. The molecule has 0 bridgehead atoms. The molecule has 0 aliphatic heterocycles. The van der Waals surface area contributed by atoms with Gasteiger partial charge < -0.3 is 5.84 Å². The molecule has 0 fully saturated rings. The van der Waals surface area contributed by atoms with Crippen LogP contribution < -0.4 is 11.4 Å². The lowest BCUT2D eigenvalue weighted by Crippen LogP contribution is -2.30. The van der Waals surface area contributed by atoms with E-state index in [4.69, 9.17) is 5.84 Å². The second-order valence-corrected chi connectivity index (χ2v) is 3.31. The van der Waals surface area contributed by atoms with Gasteiger partial charge in [-0.15, -0.1) is 0 Å². The fraction of sp³-hybridized carbons (Fsp3) is 0.200. The maximum atomic E-state index is 11.7. The minimum Gasteiger partial charge on any atom is -0.335 e. The molecule has 0 spiro atoms. The highest BCUT2D eigenvalue weighted by Gasteiger charge is 2.06. The van der Waals surface area contributed by atoms with Crippen LogP contribution in [0.15, 0.2) is 23.0 Å². The zero-order valence-electron chi connectivity index (χ0n) is 8.11. The Hall–Kier alpha value is -1.84. The van der Waals surface area contributed by atoms with Crippen LogP contribution in [0.2, 0.25) is 0 Å². The molecule has 4 heteroatoms. The Morgan fingerprint density at radius 1 is 1.36 bits per heavy atom. The maximum Gasteiger partial charge on any atom is 0.279 e. The molecule has 0 saturated heterocycles. The Morgan fingerprint density at radius 2 is 2.07 bits per heavy atom. The summed E-state index contributed by atoms with van der Waals surface area (Å²) in [6, 6.07) is 5.49. The Balaban J connectivity index is 3.06. The summed E-state index contributed by atoms with van der Waals surface area (Å²) in [7, 11) is 0. The van der Waals surface area contributed by atoms with Crippen LogP contribution in [0.3, 0.4) is 0 Å². The molecule has 4 nitrogen and oxygen atoms in total. The summed E-state index contributed by atoms with van der Waals surface area (Å²) in [6.07, 6.45) is 0. The molecule has 0 atom stereocenters. The van der Waals surface area contributed by atoms with E-state index in [0.717, 1.165) is 15.8 Å². The average Bonchev–Trinajstić information content (AvgIpc) is 2.17. The van der Waals surface area contributed by atoms with Crippen LogP contribution in [-0.2, 0) is 0 Å². The number of hydrogen-bond donors (Lipinski definition) is 1. The number of nitrogens with two attached hydrogens (primary N) is 1. The summed E-state index contributed by atoms with van der Waals surface area (Å²) in [5, 5.41) is 0.568. The molecule has 0 amide bonds. The molecular weight excluding hydrogens is 178 g/mol. The second-order valence-electron chi connectivity index (χ2n) is 3.31. The number of para-hydroxylation sites is 1. The van der Waals surface area contributed by atoms with Crippen molar-refractivity contribution < 1.29 is 0 Å². The van der Waals surface area contributed by atoms with Crippen molar-refractivity contribution >= 4 is 10.9 Å². The molecule has 1 aromatic carbocycles. The van der Waals surface area contributed by atoms with Gasteiger partial charge in [0.15, 0.2) is 0 Å². The minimum atomic E-state index is -0.198. The third-order valence-electron chi connectivity index (χ3n) is 2.31. The van der Waals surface area contributed by atoms with Crippen LogP contribution in [0.25, 0.3) is 10.9 Å². The number of aryl methyl sites for hydroxylation is 2. The lowest BCUT2D eigenvalue weighted by molar-refractivity contribution is 0.851. The Bertz CT molecular complexity index is 557. The minimum absolute atomic E-state index is 0.198. The van der Waals surface area contributed by atoms with Gasteiger partial charge in [0.2, 0.25) is 0 Å². The van der Waals surface area contributed by atoms with Gasteiger partial charge in [-0.25, -0.2) is 9.66 Å². The van der Waals surface area contributed by atoms with E-state index >= 15 is 0 Å². The highest BCUT2D eigenvalue weighted by molar-refractivity contribution is 5.80. The third-order valence-corrected chi connectivity index (χ3v) is 2.31. The summed E-state index contributed by atoms with van der Waals surface area (Å²) >= 11 is 0. The van der Waals surface area contributed by atoms with Crippen molar-refractivity contribution in [2.75, 3.05) is 5.84 Å². The normalized spacial score (nSPS) is 10.7. The average molecular weight is 189 g/mol. The molecule has 0 saturated carbocycles. The highest BCUT2D eigenvalue weighted by atomic mass is 16.1. The molecular formula is C10H11N3O. The van der Waals surface area contributed by atoms with Gasteiger partial charge in [-0.3, -0.25) is 4.79 Å². The van der Waals surface area contributed by atoms with Crippen LogP contribution in [0.5, 0.6) is 0 Å². The van der Waals surface area contributed by atoms with Gasteiger partial charge in [0, 0.05) is 0 Å². The molecule has 0 radical (unpaired) electrons. The number of hydrogen-bond acceptors (Lipinski definition) is 3. The molecule has 1 aromatic heterocycles. The molecule has 0 unspecified atom stereocenters. The Morgan fingerprint density at radius 3 is 2.79 bits per heavy atom. The van der Waals surface area contributed by atoms with Crippen molar-refractivity contribution in [3.05, 3.63) is 39.9 Å². The zero-order chi connectivity index (χ0) is 10.3. The molecule has 2 N–H and O–H groups in total. The molecule has 72 valence electrons. The number of nitrogen functional groups attached to an aromatic ring is 1. The smallest absolute Gasteiger partial charge is 0.279 e. The SMILES string of the molecule is Cc1cccc2c(=O)n(N)c(C)nc12. The van der Waals surface area contributed by atoms with Gasteiger partial charge in [0.25, 0.3) is 5.56 Å². The van der Waals surface area contributed by atoms with E-state index in [1.807, 2.05) is 19.1 Å². The van der Waals surface area contributed by atoms with E-state index in [9.17, 15) is 4.79 Å². The predicted molar refractivity (Wildman–Crippen MR) is 55.6 cm³/mol. The molecule has 0 aliphatic rings. The summed E-state index contributed by atoms with van der Waals surface area (Å²) < 4.78 is 1.07. The summed E-state index contributed by atoms with van der Waals surface area (Å²) in [4.78, 5) is 16.0. The first-order chi connectivity index (χ1) is 6.61. The maximum absolute atomic E-state index is 11.7. The first-order valence-electron chi connectivity index (χ1n) is 4.35. The number of benzene rings is 1. The van der Waals surface area contributed by atoms with Crippen LogP contribution in [-0.4, -0.2) is 9.66 Å². The van der Waals surface area contributed by atoms with E-state index in [1.165, 1.54) is 0 Å². The van der Waals surface area contributed by atoms with Gasteiger partial charge in [0.05, 0.1) is 10.9 Å². The van der Waals surface area contributed by atoms with E-state index in [-0.39, 0.29) is 5.56 Å². The fourth-order valence-electron chi connectivity index (χ4n) is 1.47. The lowest BCUT2D eigenvalue weighted by Gasteiger charge is -2.05. The first kappa shape index (κ1) is 8.74. The van der Waals surface area contributed by atoms with E-state index < -0.39 is 0 Å². The van der Waals surface area contributed by atoms with Crippen molar-refractivity contribution in [2.45, 2.75) is 13.8 Å². The topological polar surface area (TPSA) is 60.9 Å². The van der Waals surface area contributed by atoms with Crippen molar-refractivity contribution in [1.82, 2.24) is 9.66 Å². The van der Waals surface area contributed by atoms with E-state index in [2.05, 4.69) is 4.98 Å². The number of aromatic nitrogens is 2. The molecule has 14 heavy (non-hydrogen) atoms. The van der Waals surface area contributed by atoms with Crippen LogP contribution in [0.4, 0.5) is 0 Å². The zero-order valence-corrected chi connectivity index (χ0v) is 8.11. The molecule has 1 heterocycles. The van der Waals surface area contributed by atoms with Crippen molar-refractivity contribution in [2.24, 2.45) is 0 Å². The fourth-order valence-corrected chi connectivity index (χ4v) is 1.47. The quantitative estimate of drug-likeness (QED) is 0.621. The van der Waals surface area contributed by atoms with Crippen molar-refractivity contribution in [1.29, 1.82) is 0 Å². The Labute approximate surface area is 81.0 Å². The van der Waals surface area contributed by atoms with Crippen LogP contribution >= 0.6 is 0 Å². The third kappa shape index (κ3) is 1.08. The van der Waals surface area contributed by atoms with Crippen LogP contribution in [0, 0.1) is 13.8 Å². The van der Waals surface area contributed by atoms with Gasteiger partial charge in [-0.2, -0.15) is 0 Å². The van der Waals surface area contributed by atoms with Crippen molar-refractivity contribution in [3.63, 3.8) is 0 Å². The number of fused-ring (bicyclic) bond motifs is 1. The largest absolute Gasteiger partial charge is 0.335 e.